The zero-order valence-electron chi connectivity index (χ0n) is 13.6. The minimum Gasteiger partial charge on any atom is -0.506 e. The molecule has 2 aromatic carbocycles. The highest BCUT2D eigenvalue weighted by molar-refractivity contribution is 9.11. The number of halogens is 4. The Kier molecular flexibility index (Phi) is 8.09. The number of hydrazone groups is 1. The van der Waals surface area contributed by atoms with Gasteiger partial charge in [-0.1, -0.05) is 23.2 Å². The molecule has 27 heavy (non-hydrogen) atoms. The number of amides is 2. The zero-order chi connectivity index (χ0) is 20.0. The highest BCUT2D eigenvalue weighted by Crippen LogP contribution is 2.32. The molecule has 0 radical (unpaired) electrons. The van der Waals surface area contributed by atoms with Crippen LogP contribution in [0.25, 0.3) is 0 Å². The van der Waals surface area contributed by atoms with Gasteiger partial charge >= 0.3 is 0 Å². The van der Waals surface area contributed by atoms with Crippen molar-refractivity contribution in [2.75, 3.05) is 6.54 Å². The van der Waals surface area contributed by atoms with Gasteiger partial charge in [0.15, 0.2) is 0 Å². The third kappa shape index (κ3) is 6.49. The van der Waals surface area contributed by atoms with Crippen LogP contribution in [0.4, 0.5) is 0 Å². The number of carbonyl (C=O) groups is 2. The Hall–Kier alpha value is -1.61. The van der Waals surface area contributed by atoms with Gasteiger partial charge in [0.1, 0.15) is 5.75 Å². The Bertz CT molecular complexity index is 884. The first kappa shape index (κ1) is 21.7. The molecule has 0 heterocycles. The van der Waals surface area contributed by atoms with Crippen LogP contribution in [-0.2, 0) is 4.79 Å². The first-order valence-electron chi connectivity index (χ1n) is 7.51. The molecule has 142 valence electrons. The number of aromatic hydroxyl groups is 1. The maximum absolute atomic E-state index is 12.0. The monoisotopic (exact) mass is 535 g/mol. The lowest BCUT2D eigenvalue weighted by Gasteiger charge is -2.06. The lowest BCUT2D eigenvalue weighted by atomic mass is 10.2. The summed E-state index contributed by atoms with van der Waals surface area (Å²) in [6, 6.07) is 7.82. The fraction of sp³-hybridized carbons (Fsp3) is 0.118. The van der Waals surface area contributed by atoms with Crippen LogP contribution in [0.15, 0.2) is 44.4 Å². The molecule has 0 aliphatic heterocycles. The summed E-state index contributed by atoms with van der Waals surface area (Å²) in [5.74, 6) is -0.643. The number of nitrogens with zero attached hydrogens (tertiary/aromatic N) is 1. The highest BCUT2D eigenvalue weighted by atomic mass is 79.9. The number of carbonyl (C=O) groups excluding carboxylic acids is 2. The molecule has 0 unspecified atom stereocenters. The number of hydrogen-bond acceptors (Lipinski definition) is 4. The second-order valence-corrected chi connectivity index (χ2v) is 7.78. The van der Waals surface area contributed by atoms with Crippen LogP contribution in [0.5, 0.6) is 5.75 Å². The fourth-order valence-electron chi connectivity index (χ4n) is 1.92. The Morgan fingerprint density at radius 1 is 1.11 bits per heavy atom. The summed E-state index contributed by atoms with van der Waals surface area (Å²) in [7, 11) is 0. The van der Waals surface area contributed by atoms with Crippen molar-refractivity contribution in [1.29, 1.82) is 0 Å². The number of hydrogen-bond donors (Lipinski definition) is 3. The van der Waals surface area contributed by atoms with Crippen molar-refractivity contribution in [1.82, 2.24) is 10.7 Å². The van der Waals surface area contributed by atoms with E-state index in [1.807, 2.05) is 0 Å². The number of benzene rings is 2. The number of phenols is 1. The van der Waals surface area contributed by atoms with E-state index >= 15 is 0 Å². The zero-order valence-corrected chi connectivity index (χ0v) is 18.3. The van der Waals surface area contributed by atoms with Gasteiger partial charge in [-0.05, 0) is 67.8 Å². The van der Waals surface area contributed by atoms with Crippen LogP contribution in [-0.4, -0.2) is 29.7 Å². The van der Waals surface area contributed by atoms with E-state index in [1.54, 1.807) is 18.2 Å². The van der Waals surface area contributed by atoms with Gasteiger partial charge < -0.3 is 10.4 Å². The van der Waals surface area contributed by atoms with E-state index in [2.05, 4.69) is 47.7 Å². The molecule has 0 aliphatic rings. The van der Waals surface area contributed by atoms with E-state index < -0.39 is 0 Å². The summed E-state index contributed by atoms with van der Waals surface area (Å²) < 4.78 is 0.990. The molecule has 0 atom stereocenters. The minimum absolute atomic E-state index is 0.0490. The molecule has 0 fully saturated rings. The highest BCUT2D eigenvalue weighted by Gasteiger charge is 2.09. The predicted molar refractivity (Wildman–Crippen MR) is 113 cm³/mol. The molecule has 10 heteroatoms. The average Bonchev–Trinajstić information content (AvgIpc) is 2.61. The smallest absolute Gasteiger partial charge is 0.251 e. The molecular weight excluding hydrogens is 525 g/mol. The SMILES string of the molecule is O=C(CCNC(=O)c1ccc(Cl)c(Cl)c1)NN=Cc1cc(Br)c(O)c(Br)c1. The molecule has 2 rings (SSSR count). The summed E-state index contributed by atoms with van der Waals surface area (Å²) in [6.45, 7) is 0.136. The first-order valence-corrected chi connectivity index (χ1v) is 9.85. The van der Waals surface area contributed by atoms with E-state index in [0.29, 0.717) is 25.1 Å². The molecule has 6 nitrogen and oxygen atoms in total. The maximum Gasteiger partial charge on any atom is 0.251 e. The molecule has 2 aromatic rings. The van der Waals surface area contributed by atoms with Gasteiger partial charge in [0.2, 0.25) is 5.91 Å². The summed E-state index contributed by atoms with van der Waals surface area (Å²) in [5, 5.41) is 16.7. The molecule has 2 amide bonds. The van der Waals surface area contributed by atoms with Crippen LogP contribution in [0.3, 0.4) is 0 Å². The van der Waals surface area contributed by atoms with Crippen molar-refractivity contribution >= 4 is 73.1 Å². The van der Waals surface area contributed by atoms with Crippen molar-refractivity contribution in [3.8, 4) is 5.75 Å². The predicted octanol–water partition coefficient (Wildman–Crippen LogP) is 4.49. The van der Waals surface area contributed by atoms with E-state index in [1.165, 1.54) is 18.3 Å². The summed E-state index contributed by atoms with van der Waals surface area (Å²) >= 11 is 18.1. The molecule has 0 aliphatic carbocycles. The standard InChI is InChI=1S/C17H13Br2Cl2N3O3/c18-11-5-9(6-12(19)16(11)26)8-23-24-15(25)3-4-22-17(27)10-1-2-13(20)14(21)7-10/h1-2,5-8,26H,3-4H2,(H,22,27)(H,24,25). The van der Waals surface area contributed by atoms with Crippen molar-refractivity contribution in [3.05, 3.63) is 60.4 Å². The number of phenolic OH excluding ortho intramolecular Hbond substituents is 1. The largest absolute Gasteiger partial charge is 0.506 e. The lowest BCUT2D eigenvalue weighted by molar-refractivity contribution is -0.120. The Morgan fingerprint density at radius 3 is 2.41 bits per heavy atom. The average molecular weight is 538 g/mol. The van der Waals surface area contributed by atoms with Gasteiger partial charge in [0.05, 0.1) is 25.2 Å². The van der Waals surface area contributed by atoms with Gasteiger partial charge in [-0.15, -0.1) is 0 Å². The van der Waals surface area contributed by atoms with Crippen molar-refractivity contribution in [3.63, 3.8) is 0 Å². The topological polar surface area (TPSA) is 90.8 Å². The molecule has 0 saturated heterocycles. The third-order valence-corrected chi connectivity index (χ3v) is 5.21. The molecule has 0 aromatic heterocycles. The van der Waals surface area contributed by atoms with Crippen molar-refractivity contribution in [2.24, 2.45) is 5.10 Å². The summed E-state index contributed by atoms with van der Waals surface area (Å²) in [5.41, 5.74) is 3.38. The molecule has 0 saturated carbocycles. The second kappa shape index (κ2) is 10.1. The first-order chi connectivity index (χ1) is 12.8. The Morgan fingerprint density at radius 2 is 1.78 bits per heavy atom. The molecule has 3 N–H and O–H groups in total. The lowest BCUT2D eigenvalue weighted by Crippen LogP contribution is -2.29. The normalized spacial score (nSPS) is 10.8. The van der Waals surface area contributed by atoms with E-state index in [4.69, 9.17) is 23.2 Å². The van der Waals surface area contributed by atoms with E-state index in [9.17, 15) is 14.7 Å². The third-order valence-electron chi connectivity index (χ3n) is 3.26. The molecular formula is C17H13Br2Cl2N3O3. The van der Waals surface area contributed by atoms with Gasteiger partial charge in [-0.2, -0.15) is 5.10 Å². The van der Waals surface area contributed by atoms with Crippen LogP contribution in [0.1, 0.15) is 22.3 Å². The maximum atomic E-state index is 12.0. The summed E-state index contributed by atoms with van der Waals surface area (Å²) in [4.78, 5) is 23.7. The van der Waals surface area contributed by atoms with Crippen molar-refractivity contribution in [2.45, 2.75) is 6.42 Å². The number of nitrogens with one attached hydrogen (secondary N) is 2. The quantitative estimate of drug-likeness (QED) is 0.374. The van der Waals surface area contributed by atoms with Gasteiger partial charge in [-0.25, -0.2) is 5.43 Å². The minimum atomic E-state index is -0.363. The van der Waals surface area contributed by atoms with Gasteiger partial charge in [0.25, 0.3) is 5.91 Å². The fourth-order valence-corrected chi connectivity index (χ4v) is 3.44. The van der Waals surface area contributed by atoms with E-state index in [0.717, 1.165) is 0 Å². The van der Waals surface area contributed by atoms with Crippen molar-refractivity contribution < 1.29 is 14.7 Å². The summed E-state index contributed by atoms with van der Waals surface area (Å²) in [6.07, 6.45) is 1.48. The van der Waals surface area contributed by atoms with Crippen LogP contribution in [0, 0.1) is 0 Å². The second-order valence-electron chi connectivity index (χ2n) is 5.26. The van der Waals surface area contributed by atoms with Crippen LogP contribution in [0.2, 0.25) is 10.0 Å². The Labute approximate surface area is 182 Å². The molecule has 0 bridgehead atoms. The Balaban J connectivity index is 1.79. The van der Waals surface area contributed by atoms with Crippen LogP contribution >= 0.6 is 55.1 Å². The van der Waals surface area contributed by atoms with Gasteiger partial charge in [-0.3, -0.25) is 9.59 Å². The van der Waals surface area contributed by atoms with Gasteiger partial charge in [0, 0.05) is 18.5 Å². The molecule has 0 spiro atoms. The van der Waals surface area contributed by atoms with E-state index in [-0.39, 0.29) is 35.6 Å². The van der Waals surface area contributed by atoms with Crippen LogP contribution < -0.4 is 10.7 Å². The number of rotatable bonds is 6.